The molecule has 1 N–H and O–H groups in total. The van der Waals surface area contributed by atoms with E-state index < -0.39 is 5.54 Å². The van der Waals surface area contributed by atoms with Crippen LogP contribution in [0.4, 0.5) is 0 Å². The molecule has 1 atom stereocenters. The molecule has 0 amide bonds. The molecule has 20 heavy (non-hydrogen) atoms. The van der Waals surface area contributed by atoms with E-state index in [1.54, 1.807) is 0 Å². The molecule has 0 fully saturated rings. The van der Waals surface area contributed by atoms with Crippen LogP contribution in [0, 0.1) is 5.92 Å². The van der Waals surface area contributed by atoms with Crippen LogP contribution in [0.2, 0.25) is 5.02 Å². The van der Waals surface area contributed by atoms with Crippen molar-refractivity contribution >= 4 is 17.6 Å². The average molecular weight is 298 g/mol. The summed E-state index contributed by atoms with van der Waals surface area (Å²) in [5.41, 5.74) is 0.342. The molecule has 0 radical (unpaired) electrons. The molecule has 1 rings (SSSR count). The van der Waals surface area contributed by atoms with Gasteiger partial charge in [-0.3, -0.25) is 4.79 Å². The Labute approximate surface area is 126 Å². The number of ether oxygens (including phenoxy) is 1. The minimum atomic E-state index is -0.714. The molecule has 0 saturated carbocycles. The third kappa shape index (κ3) is 5.14. The van der Waals surface area contributed by atoms with Crippen LogP contribution in [-0.4, -0.2) is 24.7 Å². The maximum Gasteiger partial charge on any atom is 0.326 e. The highest BCUT2D eigenvalue weighted by atomic mass is 35.5. The fourth-order valence-electron chi connectivity index (χ4n) is 1.94. The molecule has 3 nitrogen and oxygen atoms in total. The van der Waals surface area contributed by atoms with Crippen molar-refractivity contribution in [3.63, 3.8) is 0 Å². The van der Waals surface area contributed by atoms with Crippen molar-refractivity contribution in [2.24, 2.45) is 5.92 Å². The Morgan fingerprint density at radius 3 is 2.45 bits per heavy atom. The van der Waals surface area contributed by atoms with Crippen LogP contribution in [0.25, 0.3) is 0 Å². The number of benzene rings is 1. The Morgan fingerprint density at radius 2 is 1.95 bits per heavy atom. The summed E-state index contributed by atoms with van der Waals surface area (Å²) < 4.78 is 5.21. The smallest absolute Gasteiger partial charge is 0.326 e. The topological polar surface area (TPSA) is 38.3 Å². The van der Waals surface area contributed by atoms with Crippen molar-refractivity contribution < 1.29 is 9.53 Å². The first-order valence-corrected chi connectivity index (χ1v) is 7.42. The fourth-order valence-corrected chi connectivity index (χ4v) is 2.06. The molecule has 1 unspecified atom stereocenters. The van der Waals surface area contributed by atoms with Gasteiger partial charge in [-0.2, -0.15) is 0 Å². The van der Waals surface area contributed by atoms with Crippen LogP contribution in [0.5, 0.6) is 0 Å². The number of carbonyl (C=O) groups is 1. The first-order valence-electron chi connectivity index (χ1n) is 7.04. The number of carbonyl (C=O) groups excluding carboxylic acids is 1. The first-order chi connectivity index (χ1) is 9.37. The predicted molar refractivity (Wildman–Crippen MR) is 83.0 cm³/mol. The van der Waals surface area contributed by atoms with Crippen LogP contribution >= 0.6 is 11.6 Å². The summed E-state index contributed by atoms with van der Waals surface area (Å²) in [5.74, 6) is 0.254. The van der Waals surface area contributed by atoms with Gasteiger partial charge in [0.2, 0.25) is 0 Å². The standard InChI is InChI=1S/C16H24ClNO2/c1-5-20-15(19)16(4,18-11-12(2)3)10-13-6-8-14(17)9-7-13/h6-9,12,18H,5,10-11H2,1-4H3. The largest absolute Gasteiger partial charge is 0.465 e. The Kier molecular flexibility index (Phi) is 6.50. The van der Waals surface area contributed by atoms with Crippen molar-refractivity contribution in [2.75, 3.05) is 13.2 Å². The minimum Gasteiger partial charge on any atom is -0.465 e. The highest BCUT2D eigenvalue weighted by molar-refractivity contribution is 6.30. The second-order valence-corrected chi connectivity index (χ2v) is 6.07. The van der Waals surface area contributed by atoms with Gasteiger partial charge >= 0.3 is 5.97 Å². The Bertz CT molecular complexity index is 431. The summed E-state index contributed by atoms with van der Waals surface area (Å²) in [7, 11) is 0. The van der Waals surface area contributed by atoms with Gasteiger partial charge in [0.15, 0.2) is 0 Å². The molecule has 0 saturated heterocycles. The second-order valence-electron chi connectivity index (χ2n) is 5.63. The maximum absolute atomic E-state index is 12.2. The summed E-state index contributed by atoms with van der Waals surface area (Å²) in [4.78, 5) is 12.2. The fraction of sp³-hybridized carbons (Fsp3) is 0.562. The summed E-state index contributed by atoms with van der Waals surface area (Å²) in [5, 5.41) is 4.03. The number of rotatable bonds is 7. The van der Waals surface area contributed by atoms with Gasteiger partial charge in [-0.05, 0) is 44.0 Å². The van der Waals surface area contributed by atoms with E-state index in [2.05, 4.69) is 19.2 Å². The monoisotopic (exact) mass is 297 g/mol. The minimum absolute atomic E-state index is 0.212. The SMILES string of the molecule is CCOC(=O)C(C)(Cc1ccc(Cl)cc1)NCC(C)C. The number of nitrogens with one attached hydrogen (secondary N) is 1. The Hall–Kier alpha value is -1.06. The molecule has 0 bridgehead atoms. The van der Waals surface area contributed by atoms with Crippen LogP contribution in [0.1, 0.15) is 33.3 Å². The van der Waals surface area contributed by atoms with E-state index in [1.165, 1.54) is 0 Å². The molecule has 4 heteroatoms. The summed E-state index contributed by atoms with van der Waals surface area (Å²) >= 11 is 5.89. The quantitative estimate of drug-likeness (QED) is 0.783. The molecular formula is C16H24ClNO2. The highest BCUT2D eigenvalue weighted by Crippen LogP contribution is 2.18. The average Bonchev–Trinajstić information content (AvgIpc) is 2.39. The van der Waals surface area contributed by atoms with Gasteiger partial charge < -0.3 is 10.1 Å². The van der Waals surface area contributed by atoms with Gasteiger partial charge in [0.25, 0.3) is 0 Å². The summed E-state index contributed by atoms with van der Waals surface area (Å²) in [6.07, 6.45) is 0.579. The lowest BCUT2D eigenvalue weighted by Crippen LogP contribution is -2.53. The third-order valence-electron chi connectivity index (χ3n) is 3.10. The molecule has 0 aromatic heterocycles. The van der Waals surface area contributed by atoms with Crippen LogP contribution in [-0.2, 0) is 16.0 Å². The third-order valence-corrected chi connectivity index (χ3v) is 3.35. The second kappa shape index (κ2) is 7.65. The van der Waals surface area contributed by atoms with Crippen molar-refractivity contribution in [3.05, 3.63) is 34.9 Å². The van der Waals surface area contributed by atoms with Gasteiger partial charge in [-0.1, -0.05) is 37.6 Å². The zero-order valence-electron chi connectivity index (χ0n) is 12.7. The molecule has 0 spiro atoms. The van der Waals surface area contributed by atoms with Crippen molar-refractivity contribution in [2.45, 2.75) is 39.7 Å². The van der Waals surface area contributed by atoms with Gasteiger partial charge in [0.1, 0.15) is 5.54 Å². The summed E-state index contributed by atoms with van der Waals surface area (Å²) in [6, 6.07) is 7.56. The lowest BCUT2D eigenvalue weighted by molar-refractivity contribution is -0.150. The highest BCUT2D eigenvalue weighted by Gasteiger charge is 2.34. The number of hydrogen-bond donors (Lipinski definition) is 1. The lowest BCUT2D eigenvalue weighted by atomic mass is 9.92. The van der Waals surface area contributed by atoms with E-state index in [0.717, 1.165) is 12.1 Å². The van der Waals surface area contributed by atoms with Crippen molar-refractivity contribution in [3.8, 4) is 0 Å². The van der Waals surface area contributed by atoms with E-state index >= 15 is 0 Å². The van der Waals surface area contributed by atoms with Gasteiger partial charge in [0.05, 0.1) is 6.61 Å². The Morgan fingerprint density at radius 1 is 1.35 bits per heavy atom. The van der Waals surface area contributed by atoms with E-state index in [9.17, 15) is 4.79 Å². The van der Waals surface area contributed by atoms with Crippen LogP contribution in [0.3, 0.4) is 0 Å². The molecule has 0 aliphatic carbocycles. The molecule has 112 valence electrons. The normalized spacial score (nSPS) is 14.1. The number of esters is 1. The van der Waals surface area contributed by atoms with E-state index in [4.69, 9.17) is 16.3 Å². The van der Waals surface area contributed by atoms with E-state index in [1.807, 2.05) is 38.1 Å². The molecule has 0 heterocycles. The van der Waals surface area contributed by atoms with Crippen molar-refractivity contribution in [1.29, 1.82) is 0 Å². The zero-order chi connectivity index (χ0) is 15.2. The molecule has 1 aromatic carbocycles. The maximum atomic E-state index is 12.2. The Balaban J connectivity index is 2.85. The molecule has 0 aliphatic heterocycles. The molecule has 1 aromatic rings. The number of hydrogen-bond acceptors (Lipinski definition) is 3. The first kappa shape index (κ1) is 17.0. The molecular weight excluding hydrogens is 274 g/mol. The lowest BCUT2D eigenvalue weighted by Gasteiger charge is -2.29. The van der Waals surface area contributed by atoms with Gasteiger partial charge in [-0.25, -0.2) is 0 Å². The van der Waals surface area contributed by atoms with Crippen molar-refractivity contribution in [1.82, 2.24) is 5.32 Å². The van der Waals surface area contributed by atoms with E-state index in [-0.39, 0.29) is 5.97 Å². The summed E-state index contributed by atoms with van der Waals surface area (Å²) in [6.45, 7) is 9.09. The predicted octanol–water partition coefficient (Wildman–Crippen LogP) is 3.45. The van der Waals surface area contributed by atoms with E-state index in [0.29, 0.717) is 24.0 Å². The van der Waals surface area contributed by atoms with Gasteiger partial charge in [-0.15, -0.1) is 0 Å². The number of halogens is 1. The van der Waals surface area contributed by atoms with Gasteiger partial charge in [0, 0.05) is 11.4 Å². The van der Waals surface area contributed by atoms with Crippen LogP contribution < -0.4 is 5.32 Å². The van der Waals surface area contributed by atoms with Crippen LogP contribution in [0.15, 0.2) is 24.3 Å². The zero-order valence-corrected chi connectivity index (χ0v) is 13.5. The molecule has 0 aliphatic rings.